The summed E-state index contributed by atoms with van der Waals surface area (Å²) in [7, 11) is -3.89. The van der Waals surface area contributed by atoms with Crippen molar-refractivity contribution in [2.75, 3.05) is 13.2 Å². The molecule has 0 aromatic rings. The van der Waals surface area contributed by atoms with Gasteiger partial charge in [0.25, 0.3) is 0 Å². The first-order valence-electron chi connectivity index (χ1n) is 16.1. The Bertz CT molecular complexity index is 959. The van der Waals surface area contributed by atoms with Crippen LogP contribution >= 0.6 is 0 Å². The number of amides is 2. The number of carbonyl (C=O) groups excluding carboxylic acids is 1. The van der Waals surface area contributed by atoms with Gasteiger partial charge < -0.3 is 24.6 Å². The standard InChI is InChI=1S/C32H62N2O5Si2/c1-29(2,3)40(9,10)38-21-22-19-23(39-41(11,12)30(4,5)6)15-17-31(22,7)25-16-18-32(8)26(13-14-27(35)34-32)24(25)20-33-28(36)37/h22-26,33H,13-21H2,1-12H3,(H,34,35)(H,36,37)/t22-,23+,24-,25+,26+,31-,32+/m1/s1. The van der Waals surface area contributed by atoms with E-state index in [9.17, 15) is 14.7 Å². The predicted molar refractivity (Wildman–Crippen MR) is 172 cm³/mol. The molecule has 3 N–H and O–H groups in total. The number of hydrogen-bond donors (Lipinski definition) is 3. The van der Waals surface area contributed by atoms with Crippen LogP contribution in [-0.4, -0.2) is 58.5 Å². The molecular formula is C32H62N2O5Si2. The summed E-state index contributed by atoms with van der Waals surface area (Å²) in [4.78, 5) is 24.1. The van der Waals surface area contributed by atoms with Gasteiger partial charge in [-0.3, -0.25) is 4.79 Å². The molecule has 1 heterocycles. The van der Waals surface area contributed by atoms with Gasteiger partial charge in [-0.05, 0) is 111 Å². The lowest BCUT2D eigenvalue weighted by atomic mass is 9.49. The second-order valence-corrected chi connectivity index (χ2v) is 26.7. The van der Waals surface area contributed by atoms with E-state index in [1.54, 1.807) is 0 Å². The average Bonchev–Trinajstić information content (AvgIpc) is 2.80. The molecule has 0 bridgehead atoms. The van der Waals surface area contributed by atoms with Gasteiger partial charge in [0, 0.05) is 31.2 Å². The fourth-order valence-electron chi connectivity index (χ4n) is 7.62. The second-order valence-electron chi connectivity index (χ2n) is 17.2. The van der Waals surface area contributed by atoms with Crippen molar-refractivity contribution in [3.8, 4) is 0 Å². The van der Waals surface area contributed by atoms with Crippen molar-refractivity contribution in [1.29, 1.82) is 0 Å². The summed E-state index contributed by atoms with van der Waals surface area (Å²) in [6.45, 7) is 29.1. The maximum Gasteiger partial charge on any atom is 0.404 e. The Kier molecular flexibility index (Phi) is 10.0. The highest BCUT2D eigenvalue weighted by Gasteiger charge is 2.57. The van der Waals surface area contributed by atoms with E-state index < -0.39 is 22.7 Å². The molecule has 2 amide bonds. The van der Waals surface area contributed by atoms with Crippen LogP contribution in [-0.2, 0) is 13.6 Å². The molecule has 1 aliphatic heterocycles. The SMILES string of the molecule is CC(C)(C)[Si](C)(C)OC[C@H]1C[C@@H](O[Si](C)(C)C(C)(C)C)CC[C@@]1(C)[C@H]1CC[C@]2(C)NC(=O)CC[C@H]2[C@@H]1CNC(=O)O. The van der Waals surface area contributed by atoms with Gasteiger partial charge in [-0.15, -0.1) is 0 Å². The quantitative estimate of drug-likeness (QED) is 0.244. The van der Waals surface area contributed by atoms with E-state index in [4.69, 9.17) is 8.85 Å². The minimum Gasteiger partial charge on any atom is -0.465 e. The molecule has 0 spiro atoms. The zero-order valence-electron chi connectivity index (χ0n) is 28.3. The van der Waals surface area contributed by atoms with Gasteiger partial charge in [0.15, 0.2) is 16.6 Å². The van der Waals surface area contributed by atoms with Gasteiger partial charge in [0.05, 0.1) is 0 Å². The zero-order chi connectivity index (χ0) is 31.2. The third-order valence-corrected chi connectivity index (χ3v) is 21.5. The summed E-state index contributed by atoms with van der Waals surface area (Å²) in [5, 5.41) is 16.0. The van der Waals surface area contributed by atoms with Crippen LogP contribution in [0.5, 0.6) is 0 Å². The minimum atomic E-state index is -1.96. The summed E-state index contributed by atoms with van der Waals surface area (Å²) in [5.74, 6) is 1.24. The lowest BCUT2D eigenvalue weighted by Gasteiger charge is -2.59. The molecule has 2 saturated carbocycles. The number of fused-ring (bicyclic) bond motifs is 1. The number of nitrogens with one attached hydrogen (secondary N) is 2. The monoisotopic (exact) mass is 610 g/mol. The topological polar surface area (TPSA) is 96.9 Å². The van der Waals surface area contributed by atoms with Crippen LogP contribution in [0, 0.1) is 29.1 Å². The Morgan fingerprint density at radius 3 is 2.15 bits per heavy atom. The average molecular weight is 611 g/mol. The first-order chi connectivity index (χ1) is 18.5. The van der Waals surface area contributed by atoms with Crippen LogP contribution in [0.15, 0.2) is 0 Å². The van der Waals surface area contributed by atoms with Gasteiger partial charge in [-0.2, -0.15) is 0 Å². The van der Waals surface area contributed by atoms with E-state index in [2.05, 4.69) is 92.2 Å². The van der Waals surface area contributed by atoms with Crippen molar-refractivity contribution in [3.05, 3.63) is 0 Å². The highest BCUT2D eigenvalue weighted by molar-refractivity contribution is 6.74. The lowest BCUT2D eigenvalue weighted by Crippen LogP contribution is -2.64. The molecule has 2 aliphatic carbocycles. The Balaban J connectivity index is 1.96. The third-order valence-electron chi connectivity index (χ3n) is 12.5. The number of carbonyl (C=O) groups is 2. The van der Waals surface area contributed by atoms with Crippen LogP contribution in [0.1, 0.15) is 100 Å². The van der Waals surface area contributed by atoms with Crippen molar-refractivity contribution >= 4 is 28.6 Å². The van der Waals surface area contributed by atoms with Crippen LogP contribution in [0.3, 0.4) is 0 Å². The molecule has 7 nitrogen and oxygen atoms in total. The minimum absolute atomic E-state index is 0.00327. The maximum absolute atomic E-state index is 12.4. The smallest absolute Gasteiger partial charge is 0.404 e. The molecule has 3 rings (SSSR count). The van der Waals surface area contributed by atoms with Gasteiger partial charge >= 0.3 is 6.09 Å². The molecule has 0 aromatic heterocycles. The molecule has 0 radical (unpaired) electrons. The Morgan fingerprint density at radius 1 is 0.976 bits per heavy atom. The fourth-order valence-corrected chi connectivity index (χ4v) is 10.1. The lowest BCUT2D eigenvalue weighted by molar-refractivity contribution is -0.134. The molecule has 41 heavy (non-hydrogen) atoms. The van der Waals surface area contributed by atoms with Gasteiger partial charge in [0.2, 0.25) is 5.91 Å². The molecule has 3 aliphatic rings. The summed E-state index contributed by atoms with van der Waals surface area (Å²) >= 11 is 0. The van der Waals surface area contributed by atoms with Crippen molar-refractivity contribution < 1.29 is 23.5 Å². The van der Waals surface area contributed by atoms with E-state index in [1.807, 2.05) is 0 Å². The largest absolute Gasteiger partial charge is 0.465 e. The summed E-state index contributed by atoms with van der Waals surface area (Å²) in [6, 6.07) is 0. The van der Waals surface area contributed by atoms with Crippen molar-refractivity contribution in [2.45, 2.75) is 148 Å². The molecule has 9 heteroatoms. The second kappa shape index (κ2) is 11.9. The normalized spacial score (nSPS) is 35.4. The first-order valence-corrected chi connectivity index (χ1v) is 21.9. The molecular weight excluding hydrogens is 549 g/mol. The van der Waals surface area contributed by atoms with Crippen molar-refractivity contribution in [2.24, 2.45) is 29.1 Å². The Hall–Kier alpha value is -0.906. The number of hydrogen-bond acceptors (Lipinski definition) is 4. The van der Waals surface area contributed by atoms with Crippen LogP contribution in [0.2, 0.25) is 36.3 Å². The van der Waals surface area contributed by atoms with Crippen molar-refractivity contribution in [1.82, 2.24) is 10.6 Å². The first kappa shape index (κ1) is 34.6. The van der Waals surface area contributed by atoms with Crippen molar-refractivity contribution in [3.63, 3.8) is 0 Å². The number of rotatable bonds is 8. The molecule has 0 unspecified atom stereocenters. The summed E-state index contributed by atoms with van der Waals surface area (Å²) in [6.07, 6.45) is 5.62. The predicted octanol–water partition coefficient (Wildman–Crippen LogP) is 7.78. The molecule has 0 aromatic carbocycles. The molecule has 3 fully saturated rings. The van der Waals surface area contributed by atoms with E-state index in [1.165, 1.54) is 0 Å². The molecule has 1 saturated heterocycles. The molecule has 238 valence electrons. The van der Waals surface area contributed by atoms with E-state index in [-0.39, 0.29) is 44.9 Å². The fraction of sp³-hybridized carbons (Fsp3) is 0.938. The van der Waals surface area contributed by atoms with Crippen LogP contribution in [0.25, 0.3) is 0 Å². The summed E-state index contributed by atoms with van der Waals surface area (Å²) in [5.41, 5.74) is -0.272. The van der Waals surface area contributed by atoms with Gasteiger partial charge in [-0.1, -0.05) is 48.5 Å². The maximum atomic E-state index is 12.4. The van der Waals surface area contributed by atoms with Gasteiger partial charge in [-0.25, -0.2) is 4.79 Å². The number of piperidine rings is 1. The van der Waals surface area contributed by atoms with E-state index in [0.29, 0.717) is 24.8 Å². The Morgan fingerprint density at radius 2 is 1.59 bits per heavy atom. The molecule has 7 atom stereocenters. The highest BCUT2D eigenvalue weighted by Crippen LogP contribution is 2.58. The van der Waals surface area contributed by atoms with Crippen LogP contribution in [0.4, 0.5) is 4.79 Å². The Labute approximate surface area is 252 Å². The number of carboxylic acid groups (broad SMARTS) is 1. The summed E-state index contributed by atoms with van der Waals surface area (Å²) < 4.78 is 14.0. The highest BCUT2D eigenvalue weighted by atomic mass is 28.4. The zero-order valence-corrected chi connectivity index (χ0v) is 30.3. The van der Waals surface area contributed by atoms with E-state index >= 15 is 0 Å². The van der Waals surface area contributed by atoms with Gasteiger partial charge in [0.1, 0.15) is 0 Å². The van der Waals surface area contributed by atoms with E-state index in [0.717, 1.165) is 45.1 Å². The van der Waals surface area contributed by atoms with Crippen LogP contribution < -0.4 is 10.6 Å². The third kappa shape index (κ3) is 7.43.